The number of benzene rings is 1. The van der Waals surface area contributed by atoms with Crippen molar-refractivity contribution in [1.29, 1.82) is 0 Å². The van der Waals surface area contributed by atoms with E-state index in [0.717, 1.165) is 29.4 Å². The Hall–Kier alpha value is -1.58. The Balaban J connectivity index is 1.72. The first-order valence-corrected chi connectivity index (χ1v) is 7.13. The summed E-state index contributed by atoms with van der Waals surface area (Å²) in [6.07, 6.45) is 5.40. The summed E-state index contributed by atoms with van der Waals surface area (Å²) < 4.78 is 15.4. The first-order valence-electron chi connectivity index (χ1n) is 7.13. The second kappa shape index (κ2) is 3.95. The summed E-state index contributed by atoms with van der Waals surface area (Å²) in [4.78, 5) is 4.34. The van der Waals surface area contributed by atoms with Crippen molar-refractivity contribution in [3.05, 3.63) is 24.0 Å². The topological polar surface area (TPSA) is 43.8 Å². The molecule has 2 aliphatic rings. The molecule has 2 fully saturated rings. The molecule has 0 atom stereocenters. The molecule has 0 unspecified atom stereocenters. The molecule has 0 amide bonds. The Labute approximate surface area is 111 Å². The molecule has 1 aromatic carbocycles. The van der Waals surface area contributed by atoms with Crippen molar-refractivity contribution in [3.8, 4) is 0 Å². The van der Waals surface area contributed by atoms with Gasteiger partial charge in [-0.05, 0) is 61.6 Å². The van der Waals surface area contributed by atoms with Crippen LogP contribution in [0.25, 0.3) is 11.0 Å². The standard InChI is InChI=1S/C15H18FN3/c16-11-5-6-13-14(7-11)19(15(17)18-13)8-12(9-1-2-9)10-3-4-10/h5-7,9-10,12H,1-4,8H2,(H2,17,18). The Morgan fingerprint density at radius 2 is 1.95 bits per heavy atom. The van der Waals surface area contributed by atoms with Gasteiger partial charge in [0.1, 0.15) is 5.82 Å². The van der Waals surface area contributed by atoms with Crippen LogP contribution in [0, 0.1) is 23.6 Å². The van der Waals surface area contributed by atoms with Gasteiger partial charge in [0.25, 0.3) is 0 Å². The predicted molar refractivity (Wildman–Crippen MR) is 73.0 cm³/mol. The van der Waals surface area contributed by atoms with Gasteiger partial charge in [-0.3, -0.25) is 0 Å². The van der Waals surface area contributed by atoms with Crippen molar-refractivity contribution in [1.82, 2.24) is 9.55 Å². The molecule has 2 aromatic rings. The number of hydrogen-bond acceptors (Lipinski definition) is 2. The van der Waals surface area contributed by atoms with Crippen LogP contribution in [-0.2, 0) is 6.54 Å². The van der Waals surface area contributed by atoms with E-state index in [0.29, 0.717) is 11.9 Å². The van der Waals surface area contributed by atoms with E-state index in [1.54, 1.807) is 12.1 Å². The zero-order valence-corrected chi connectivity index (χ0v) is 10.8. The number of nitrogens with zero attached hydrogens (tertiary/aromatic N) is 2. The van der Waals surface area contributed by atoms with Crippen LogP contribution in [0.2, 0.25) is 0 Å². The SMILES string of the molecule is Nc1nc2ccc(F)cc2n1CC(C1CC1)C1CC1. The lowest BCUT2D eigenvalue weighted by Gasteiger charge is -2.17. The number of nitrogen functional groups attached to an aromatic ring is 1. The Bertz CT molecular complexity index is 614. The highest BCUT2D eigenvalue weighted by molar-refractivity contribution is 5.78. The third-order valence-electron chi connectivity index (χ3n) is 4.59. The number of nitrogens with two attached hydrogens (primary N) is 1. The second-order valence-corrected chi connectivity index (χ2v) is 6.05. The molecule has 2 N–H and O–H groups in total. The molecule has 4 heteroatoms. The molecule has 4 rings (SSSR count). The van der Waals surface area contributed by atoms with Gasteiger partial charge in [0.05, 0.1) is 11.0 Å². The van der Waals surface area contributed by atoms with Gasteiger partial charge in [0, 0.05) is 6.54 Å². The minimum absolute atomic E-state index is 0.219. The Morgan fingerprint density at radius 1 is 1.26 bits per heavy atom. The van der Waals surface area contributed by atoms with E-state index in [9.17, 15) is 4.39 Å². The minimum Gasteiger partial charge on any atom is -0.369 e. The lowest BCUT2D eigenvalue weighted by Crippen LogP contribution is -2.16. The maximum Gasteiger partial charge on any atom is 0.201 e. The Morgan fingerprint density at radius 3 is 2.58 bits per heavy atom. The Kier molecular flexibility index (Phi) is 2.34. The van der Waals surface area contributed by atoms with E-state index < -0.39 is 0 Å². The van der Waals surface area contributed by atoms with Crippen LogP contribution in [0.15, 0.2) is 18.2 Å². The van der Waals surface area contributed by atoms with E-state index in [1.807, 2.05) is 4.57 Å². The molecule has 0 bridgehead atoms. The fourth-order valence-electron chi connectivity index (χ4n) is 3.25. The van der Waals surface area contributed by atoms with E-state index in [1.165, 1.54) is 31.7 Å². The molecule has 0 aliphatic heterocycles. The highest BCUT2D eigenvalue weighted by atomic mass is 19.1. The van der Waals surface area contributed by atoms with E-state index in [-0.39, 0.29) is 5.82 Å². The van der Waals surface area contributed by atoms with Crippen molar-refractivity contribution in [2.75, 3.05) is 5.73 Å². The maximum absolute atomic E-state index is 13.4. The number of aromatic nitrogens is 2. The van der Waals surface area contributed by atoms with Crippen molar-refractivity contribution in [3.63, 3.8) is 0 Å². The molecule has 2 aliphatic carbocycles. The molecule has 2 saturated carbocycles. The molecule has 100 valence electrons. The van der Waals surface area contributed by atoms with Gasteiger partial charge >= 0.3 is 0 Å². The van der Waals surface area contributed by atoms with Gasteiger partial charge < -0.3 is 10.3 Å². The quantitative estimate of drug-likeness (QED) is 0.916. The number of anilines is 1. The minimum atomic E-state index is -0.219. The molecule has 0 radical (unpaired) electrons. The highest BCUT2D eigenvalue weighted by Gasteiger charge is 2.41. The van der Waals surface area contributed by atoms with Crippen LogP contribution >= 0.6 is 0 Å². The largest absolute Gasteiger partial charge is 0.369 e. The molecule has 0 saturated heterocycles. The molecule has 0 spiro atoms. The first kappa shape index (κ1) is 11.3. The van der Waals surface area contributed by atoms with Gasteiger partial charge in [0.15, 0.2) is 0 Å². The number of hydrogen-bond donors (Lipinski definition) is 1. The van der Waals surface area contributed by atoms with Crippen LogP contribution in [0.3, 0.4) is 0 Å². The van der Waals surface area contributed by atoms with E-state index >= 15 is 0 Å². The van der Waals surface area contributed by atoms with Crippen molar-refractivity contribution < 1.29 is 4.39 Å². The summed E-state index contributed by atoms with van der Waals surface area (Å²) in [7, 11) is 0. The zero-order valence-electron chi connectivity index (χ0n) is 10.8. The fraction of sp³-hybridized carbons (Fsp3) is 0.533. The maximum atomic E-state index is 13.4. The van der Waals surface area contributed by atoms with Gasteiger partial charge in [-0.15, -0.1) is 0 Å². The summed E-state index contributed by atoms with van der Waals surface area (Å²) in [5.41, 5.74) is 7.65. The number of halogens is 1. The van der Waals surface area contributed by atoms with Crippen LogP contribution in [0.5, 0.6) is 0 Å². The fourth-order valence-corrected chi connectivity index (χ4v) is 3.25. The molecular formula is C15H18FN3. The molecule has 19 heavy (non-hydrogen) atoms. The van der Waals surface area contributed by atoms with Crippen LogP contribution < -0.4 is 5.73 Å². The third kappa shape index (κ3) is 1.99. The summed E-state index contributed by atoms with van der Waals surface area (Å²) in [6, 6.07) is 4.70. The summed E-state index contributed by atoms with van der Waals surface area (Å²) >= 11 is 0. The summed E-state index contributed by atoms with van der Waals surface area (Å²) in [6.45, 7) is 0.904. The summed E-state index contributed by atoms with van der Waals surface area (Å²) in [5.74, 6) is 2.73. The number of fused-ring (bicyclic) bond motifs is 1. The predicted octanol–water partition coefficient (Wildman–Crippen LogP) is 3.19. The van der Waals surface area contributed by atoms with Crippen molar-refractivity contribution in [2.24, 2.45) is 17.8 Å². The van der Waals surface area contributed by atoms with Crippen LogP contribution in [-0.4, -0.2) is 9.55 Å². The van der Waals surface area contributed by atoms with Gasteiger partial charge in [-0.25, -0.2) is 9.37 Å². The highest BCUT2D eigenvalue weighted by Crippen LogP contribution is 2.50. The van der Waals surface area contributed by atoms with Gasteiger partial charge in [0.2, 0.25) is 5.95 Å². The van der Waals surface area contributed by atoms with Crippen molar-refractivity contribution in [2.45, 2.75) is 32.2 Å². The monoisotopic (exact) mass is 259 g/mol. The molecular weight excluding hydrogens is 241 g/mol. The van der Waals surface area contributed by atoms with E-state index in [2.05, 4.69) is 4.98 Å². The normalized spacial score (nSPS) is 19.5. The number of rotatable bonds is 4. The van der Waals surface area contributed by atoms with E-state index in [4.69, 9.17) is 5.73 Å². The molecule has 1 heterocycles. The smallest absolute Gasteiger partial charge is 0.201 e. The van der Waals surface area contributed by atoms with Gasteiger partial charge in [-0.1, -0.05) is 0 Å². The first-order chi connectivity index (χ1) is 9.22. The zero-order chi connectivity index (χ0) is 13.0. The van der Waals surface area contributed by atoms with Crippen molar-refractivity contribution >= 4 is 17.0 Å². The van der Waals surface area contributed by atoms with Crippen LogP contribution in [0.1, 0.15) is 25.7 Å². The second-order valence-electron chi connectivity index (χ2n) is 6.05. The lowest BCUT2D eigenvalue weighted by molar-refractivity contribution is 0.355. The average Bonchev–Trinajstić information content (AvgIpc) is 3.25. The molecule has 1 aromatic heterocycles. The average molecular weight is 259 g/mol. The summed E-state index contributed by atoms with van der Waals surface area (Å²) in [5, 5.41) is 0. The lowest BCUT2D eigenvalue weighted by atomic mass is 9.98. The number of imidazole rings is 1. The third-order valence-corrected chi connectivity index (χ3v) is 4.59. The molecule has 3 nitrogen and oxygen atoms in total. The van der Waals surface area contributed by atoms with Crippen LogP contribution in [0.4, 0.5) is 10.3 Å². The van der Waals surface area contributed by atoms with Gasteiger partial charge in [-0.2, -0.15) is 0 Å².